The summed E-state index contributed by atoms with van der Waals surface area (Å²) in [5.41, 5.74) is -1.54. The molecular formula is C14H8F4N4O2. The van der Waals surface area contributed by atoms with Gasteiger partial charge in [0.05, 0.1) is 6.20 Å². The molecule has 0 aliphatic heterocycles. The van der Waals surface area contributed by atoms with Crippen LogP contribution in [0.2, 0.25) is 0 Å². The van der Waals surface area contributed by atoms with Crippen LogP contribution in [0.3, 0.4) is 0 Å². The number of anilines is 1. The van der Waals surface area contributed by atoms with Crippen LogP contribution in [0.4, 0.5) is 23.4 Å². The number of aromatic nitrogens is 2. The first-order valence-corrected chi connectivity index (χ1v) is 6.33. The van der Waals surface area contributed by atoms with Gasteiger partial charge in [-0.1, -0.05) is 0 Å². The molecule has 0 N–H and O–H groups in total. The average molecular weight is 340 g/mol. The number of hydrogen-bond acceptors (Lipinski definition) is 4. The van der Waals surface area contributed by atoms with E-state index in [4.69, 9.17) is 5.26 Å². The highest BCUT2D eigenvalue weighted by atomic mass is 19.2. The van der Waals surface area contributed by atoms with E-state index < -0.39 is 46.6 Å². The van der Waals surface area contributed by atoms with Crippen LogP contribution in [-0.2, 0) is 9.59 Å². The molecule has 0 aliphatic carbocycles. The number of hydrogen-bond donors (Lipinski definition) is 0. The Morgan fingerprint density at radius 2 is 1.71 bits per heavy atom. The van der Waals surface area contributed by atoms with E-state index in [0.29, 0.717) is 9.58 Å². The lowest BCUT2D eigenvalue weighted by molar-refractivity contribution is -0.124. The number of halogens is 4. The number of carbonyl (C=O) groups is 2. The van der Waals surface area contributed by atoms with Gasteiger partial charge in [0.25, 0.3) is 0 Å². The molecule has 1 heterocycles. The summed E-state index contributed by atoms with van der Waals surface area (Å²) in [4.78, 5) is 23.8. The molecule has 0 unspecified atom stereocenters. The second kappa shape index (κ2) is 6.11. The van der Waals surface area contributed by atoms with Crippen molar-refractivity contribution >= 4 is 17.6 Å². The highest BCUT2D eigenvalue weighted by Gasteiger charge is 2.30. The molecule has 124 valence electrons. The van der Waals surface area contributed by atoms with E-state index in [-0.39, 0.29) is 11.6 Å². The second-order valence-corrected chi connectivity index (χ2v) is 4.60. The fourth-order valence-corrected chi connectivity index (χ4v) is 2.07. The summed E-state index contributed by atoms with van der Waals surface area (Å²) < 4.78 is 54.8. The van der Waals surface area contributed by atoms with Crippen molar-refractivity contribution in [3.8, 4) is 11.8 Å². The van der Waals surface area contributed by atoms with E-state index in [0.717, 1.165) is 20.0 Å². The van der Waals surface area contributed by atoms with Crippen LogP contribution in [0.25, 0.3) is 5.69 Å². The molecule has 0 bridgehead atoms. The van der Waals surface area contributed by atoms with Crippen LogP contribution in [0.5, 0.6) is 0 Å². The highest BCUT2D eigenvalue weighted by molar-refractivity contribution is 6.13. The van der Waals surface area contributed by atoms with Crippen molar-refractivity contribution in [1.82, 2.24) is 9.78 Å². The molecule has 1 aromatic heterocycles. The third kappa shape index (κ3) is 2.60. The minimum absolute atomic E-state index is 0.0805. The zero-order chi connectivity index (χ0) is 18.2. The number of nitrogens with zero attached hydrogens (tertiary/aromatic N) is 4. The molecule has 1 aromatic carbocycles. The highest BCUT2D eigenvalue weighted by Crippen LogP contribution is 2.29. The van der Waals surface area contributed by atoms with E-state index >= 15 is 0 Å². The number of rotatable bonds is 2. The van der Waals surface area contributed by atoms with Crippen LogP contribution in [0.15, 0.2) is 12.3 Å². The van der Waals surface area contributed by atoms with Gasteiger partial charge in [0.2, 0.25) is 11.8 Å². The lowest BCUT2D eigenvalue weighted by Crippen LogP contribution is -2.35. The SMILES string of the molecule is CC(=O)N(C(C)=O)c1c(C#N)cnn1-c1c(F)cc(F)c(F)c1F. The maximum atomic E-state index is 14.0. The van der Waals surface area contributed by atoms with Crippen LogP contribution in [0, 0.1) is 34.6 Å². The number of nitriles is 1. The maximum Gasteiger partial charge on any atom is 0.231 e. The molecule has 0 fully saturated rings. The molecule has 10 heteroatoms. The quantitative estimate of drug-likeness (QED) is 0.477. The van der Waals surface area contributed by atoms with Crippen LogP contribution < -0.4 is 4.90 Å². The van der Waals surface area contributed by atoms with Crippen molar-refractivity contribution in [3.63, 3.8) is 0 Å². The van der Waals surface area contributed by atoms with E-state index in [1.807, 2.05) is 0 Å². The van der Waals surface area contributed by atoms with Crippen molar-refractivity contribution < 1.29 is 27.2 Å². The summed E-state index contributed by atoms with van der Waals surface area (Å²) in [6.07, 6.45) is 0.828. The summed E-state index contributed by atoms with van der Waals surface area (Å²) in [5, 5.41) is 12.6. The van der Waals surface area contributed by atoms with Gasteiger partial charge >= 0.3 is 0 Å². The third-order valence-electron chi connectivity index (χ3n) is 3.01. The first-order chi connectivity index (χ1) is 11.2. The Morgan fingerprint density at radius 3 is 2.21 bits per heavy atom. The average Bonchev–Trinajstić information content (AvgIpc) is 2.88. The van der Waals surface area contributed by atoms with Crippen molar-refractivity contribution in [3.05, 3.63) is 41.1 Å². The Morgan fingerprint density at radius 1 is 1.12 bits per heavy atom. The Labute approximate surface area is 132 Å². The molecule has 2 aromatic rings. The zero-order valence-corrected chi connectivity index (χ0v) is 12.3. The van der Waals surface area contributed by atoms with Crippen LogP contribution in [-0.4, -0.2) is 21.6 Å². The number of benzene rings is 1. The van der Waals surface area contributed by atoms with E-state index in [1.165, 1.54) is 0 Å². The summed E-state index contributed by atoms with van der Waals surface area (Å²) in [5.74, 6) is -9.52. The van der Waals surface area contributed by atoms with Crippen LogP contribution in [0.1, 0.15) is 19.4 Å². The Bertz CT molecular complexity index is 887. The molecule has 0 saturated carbocycles. The van der Waals surface area contributed by atoms with E-state index in [2.05, 4.69) is 5.10 Å². The minimum atomic E-state index is -1.97. The van der Waals surface area contributed by atoms with Crippen molar-refractivity contribution in [1.29, 1.82) is 5.26 Å². The topological polar surface area (TPSA) is 79.0 Å². The number of imide groups is 1. The minimum Gasteiger partial charge on any atom is -0.274 e. The first kappa shape index (κ1) is 17.1. The second-order valence-electron chi connectivity index (χ2n) is 4.60. The predicted molar refractivity (Wildman–Crippen MR) is 72.0 cm³/mol. The van der Waals surface area contributed by atoms with Gasteiger partial charge in [-0.15, -0.1) is 0 Å². The summed E-state index contributed by atoms with van der Waals surface area (Å²) in [7, 11) is 0. The fourth-order valence-electron chi connectivity index (χ4n) is 2.07. The van der Waals surface area contributed by atoms with Crippen molar-refractivity contribution in [2.24, 2.45) is 0 Å². The van der Waals surface area contributed by atoms with Gasteiger partial charge in [-0.05, 0) is 0 Å². The van der Waals surface area contributed by atoms with Gasteiger partial charge in [-0.3, -0.25) is 9.59 Å². The van der Waals surface area contributed by atoms with Crippen LogP contribution >= 0.6 is 0 Å². The molecular weight excluding hydrogens is 332 g/mol. The van der Waals surface area contributed by atoms with Gasteiger partial charge in [-0.25, -0.2) is 27.1 Å². The van der Waals surface area contributed by atoms with Crippen molar-refractivity contribution in [2.75, 3.05) is 4.90 Å². The molecule has 0 atom stereocenters. The van der Waals surface area contributed by atoms with Gasteiger partial charge in [0, 0.05) is 19.9 Å². The largest absolute Gasteiger partial charge is 0.274 e. The maximum absolute atomic E-state index is 14.0. The molecule has 24 heavy (non-hydrogen) atoms. The predicted octanol–water partition coefficient (Wildman–Crippen LogP) is 2.20. The Hall–Kier alpha value is -3.22. The molecule has 0 radical (unpaired) electrons. The summed E-state index contributed by atoms with van der Waals surface area (Å²) in [6, 6.07) is 1.68. The summed E-state index contributed by atoms with van der Waals surface area (Å²) in [6.45, 7) is 1.94. The standard InChI is InChI=1S/C14H8F4N4O2/c1-6(23)21(7(2)24)14-8(4-19)5-20-22(14)13-10(16)3-9(15)11(17)12(13)18/h3,5H,1-2H3. The summed E-state index contributed by atoms with van der Waals surface area (Å²) >= 11 is 0. The normalized spacial score (nSPS) is 10.4. The van der Waals surface area contributed by atoms with E-state index in [9.17, 15) is 27.2 Å². The first-order valence-electron chi connectivity index (χ1n) is 6.33. The van der Waals surface area contributed by atoms with E-state index in [1.54, 1.807) is 6.07 Å². The molecule has 2 amide bonds. The molecule has 2 rings (SSSR count). The Balaban J connectivity index is 2.87. The number of amides is 2. The molecule has 6 nitrogen and oxygen atoms in total. The lowest BCUT2D eigenvalue weighted by atomic mass is 10.2. The fraction of sp³-hybridized carbons (Fsp3) is 0.143. The lowest BCUT2D eigenvalue weighted by Gasteiger charge is -2.19. The van der Waals surface area contributed by atoms with Gasteiger partial charge in [0.1, 0.15) is 17.3 Å². The Kier molecular flexibility index (Phi) is 4.37. The monoisotopic (exact) mass is 340 g/mol. The molecule has 0 saturated heterocycles. The number of carbonyl (C=O) groups excluding carboxylic acids is 2. The molecule has 0 aliphatic rings. The zero-order valence-electron chi connectivity index (χ0n) is 12.3. The van der Waals surface area contributed by atoms with Gasteiger partial charge in [0.15, 0.2) is 29.1 Å². The third-order valence-corrected chi connectivity index (χ3v) is 3.01. The van der Waals surface area contributed by atoms with Crippen molar-refractivity contribution in [2.45, 2.75) is 13.8 Å². The smallest absolute Gasteiger partial charge is 0.231 e. The molecule has 0 spiro atoms. The van der Waals surface area contributed by atoms with Gasteiger partial charge in [-0.2, -0.15) is 10.4 Å². The van der Waals surface area contributed by atoms with Gasteiger partial charge < -0.3 is 0 Å².